The van der Waals surface area contributed by atoms with Crippen LogP contribution in [0.15, 0.2) is 29.2 Å². The molecule has 0 aliphatic heterocycles. The second-order valence-electron chi connectivity index (χ2n) is 3.76. The molecular weight excluding hydrogens is 209 g/mol. The average molecular weight is 221 g/mol. The summed E-state index contributed by atoms with van der Waals surface area (Å²) in [5.74, 6) is 0.503. The highest BCUT2D eigenvalue weighted by molar-refractivity contribution is 7.99. The largest absolute Gasteiger partial charge is 0.250 e. The predicted molar refractivity (Wildman–Crippen MR) is 59.7 cm³/mol. The molecule has 78 valence electrons. The van der Waals surface area contributed by atoms with E-state index >= 15 is 0 Å². The summed E-state index contributed by atoms with van der Waals surface area (Å²) < 4.78 is 11.9. The molecule has 1 aliphatic rings. The number of nitriles is 1. The Hall–Kier alpha value is -1.01. The minimum atomic E-state index is -0.297. The Labute approximate surface area is 93.3 Å². The smallest absolute Gasteiger partial charge is 0.0988 e. The van der Waals surface area contributed by atoms with Crippen LogP contribution in [0, 0.1) is 11.3 Å². The van der Waals surface area contributed by atoms with Gasteiger partial charge in [-0.15, -0.1) is 11.8 Å². The molecule has 1 aromatic rings. The van der Waals surface area contributed by atoms with Crippen molar-refractivity contribution in [3.05, 3.63) is 29.8 Å². The Bertz CT molecular complexity index is 376. The zero-order valence-electron chi connectivity index (χ0n) is 8.37. The van der Waals surface area contributed by atoms with Crippen molar-refractivity contribution in [1.82, 2.24) is 0 Å². The van der Waals surface area contributed by atoms with Crippen LogP contribution in [0.5, 0.6) is 0 Å². The molecule has 0 saturated heterocycles. The first-order chi connectivity index (χ1) is 7.30. The fraction of sp³-hybridized carbons (Fsp3) is 0.417. The number of alkyl halides is 1. The Morgan fingerprint density at radius 1 is 1.33 bits per heavy atom. The summed E-state index contributed by atoms with van der Waals surface area (Å²) in [7, 11) is 0. The highest BCUT2D eigenvalue weighted by Gasteiger charge is 2.44. The van der Waals surface area contributed by atoms with Gasteiger partial charge in [0.2, 0.25) is 0 Å². The molecular formula is C12H12FNS. The molecule has 0 N–H and O–H groups in total. The van der Waals surface area contributed by atoms with Gasteiger partial charge < -0.3 is 0 Å². The van der Waals surface area contributed by atoms with Crippen LogP contribution in [0.2, 0.25) is 0 Å². The molecule has 0 amide bonds. The van der Waals surface area contributed by atoms with Crippen molar-refractivity contribution >= 4 is 11.8 Å². The van der Waals surface area contributed by atoms with Gasteiger partial charge in [-0.25, -0.2) is 0 Å². The highest BCUT2D eigenvalue weighted by Crippen LogP contribution is 2.47. The molecule has 0 radical (unpaired) electrons. The minimum absolute atomic E-state index is 0.205. The number of hydrogen-bond donors (Lipinski definition) is 0. The molecule has 0 bridgehead atoms. The molecule has 0 spiro atoms. The van der Waals surface area contributed by atoms with Crippen molar-refractivity contribution in [2.24, 2.45) is 0 Å². The normalized spacial score (nSPS) is 17.1. The molecule has 0 atom stereocenters. The third kappa shape index (κ3) is 2.15. The maximum atomic E-state index is 11.9. The lowest BCUT2D eigenvalue weighted by Gasteiger charge is -2.06. The number of rotatable bonds is 4. The summed E-state index contributed by atoms with van der Waals surface area (Å²) in [4.78, 5) is 1.07. The highest BCUT2D eigenvalue weighted by atomic mass is 32.2. The van der Waals surface area contributed by atoms with Crippen LogP contribution >= 0.6 is 11.8 Å². The summed E-state index contributed by atoms with van der Waals surface area (Å²) >= 11 is 1.51. The van der Waals surface area contributed by atoms with E-state index < -0.39 is 0 Å². The van der Waals surface area contributed by atoms with Gasteiger partial charge >= 0.3 is 0 Å². The van der Waals surface area contributed by atoms with Crippen molar-refractivity contribution in [2.75, 3.05) is 12.4 Å². The molecule has 1 aromatic carbocycles. The summed E-state index contributed by atoms with van der Waals surface area (Å²) in [5, 5.41) is 9.02. The van der Waals surface area contributed by atoms with Crippen molar-refractivity contribution in [2.45, 2.75) is 23.2 Å². The minimum Gasteiger partial charge on any atom is -0.250 e. The van der Waals surface area contributed by atoms with E-state index in [-0.39, 0.29) is 12.1 Å². The predicted octanol–water partition coefficient (Wildman–Crippen LogP) is 3.30. The Kier molecular flexibility index (Phi) is 2.97. The van der Waals surface area contributed by atoms with E-state index in [2.05, 4.69) is 6.07 Å². The lowest BCUT2D eigenvalue weighted by molar-refractivity contribution is 0.533. The zero-order valence-corrected chi connectivity index (χ0v) is 9.19. The number of nitrogens with zero attached hydrogens (tertiary/aromatic N) is 1. The van der Waals surface area contributed by atoms with E-state index in [1.165, 1.54) is 11.8 Å². The summed E-state index contributed by atoms with van der Waals surface area (Å²) in [5.41, 5.74) is 0.901. The van der Waals surface area contributed by atoms with Gasteiger partial charge in [0.1, 0.15) is 0 Å². The van der Waals surface area contributed by atoms with Gasteiger partial charge in [0.15, 0.2) is 0 Å². The summed E-state index contributed by atoms with van der Waals surface area (Å²) in [6, 6.07) is 10.3. The molecule has 1 nitrogen and oxygen atoms in total. The van der Waals surface area contributed by atoms with Crippen LogP contribution < -0.4 is 0 Å². The van der Waals surface area contributed by atoms with Gasteiger partial charge in [-0.3, -0.25) is 4.39 Å². The molecule has 0 unspecified atom stereocenters. The molecule has 1 aliphatic carbocycles. The molecule has 0 heterocycles. The number of hydrogen-bond acceptors (Lipinski definition) is 2. The first-order valence-corrected chi connectivity index (χ1v) is 6.00. The fourth-order valence-electron chi connectivity index (χ4n) is 1.62. The van der Waals surface area contributed by atoms with Crippen molar-refractivity contribution in [3.8, 4) is 6.07 Å². The lowest BCUT2D eigenvalue weighted by Crippen LogP contribution is -2.01. The van der Waals surface area contributed by atoms with Gasteiger partial charge in [0.25, 0.3) is 0 Å². The standard InChI is InChI=1S/C12H12FNS/c13-7-8-15-11-3-1-10(2-4-11)12(9-14)5-6-12/h1-4H,5-8H2. The average Bonchev–Trinajstić information content (AvgIpc) is 3.08. The van der Waals surface area contributed by atoms with Gasteiger partial charge in [0, 0.05) is 10.6 Å². The molecule has 1 saturated carbocycles. The Balaban J connectivity index is 2.08. The topological polar surface area (TPSA) is 23.8 Å². The van der Waals surface area contributed by atoms with Gasteiger partial charge in [-0.2, -0.15) is 5.26 Å². The quantitative estimate of drug-likeness (QED) is 0.728. The van der Waals surface area contributed by atoms with E-state index in [0.717, 1.165) is 23.3 Å². The third-order valence-corrected chi connectivity index (χ3v) is 3.68. The van der Waals surface area contributed by atoms with Crippen LogP contribution in [-0.4, -0.2) is 12.4 Å². The number of halogens is 1. The number of benzene rings is 1. The van der Waals surface area contributed by atoms with Crippen LogP contribution in [0.1, 0.15) is 18.4 Å². The molecule has 1 fully saturated rings. The van der Waals surface area contributed by atoms with Crippen LogP contribution in [0.4, 0.5) is 4.39 Å². The zero-order chi connectivity index (χ0) is 10.7. The van der Waals surface area contributed by atoms with Crippen molar-refractivity contribution in [3.63, 3.8) is 0 Å². The van der Waals surface area contributed by atoms with E-state index in [1.54, 1.807) is 0 Å². The molecule has 0 aromatic heterocycles. The van der Waals surface area contributed by atoms with Gasteiger partial charge in [-0.1, -0.05) is 12.1 Å². The van der Waals surface area contributed by atoms with E-state index in [9.17, 15) is 4.39 Å². The fourth-order valence-corrected chi connectivity index (χ4v) is 2.26. The maximum absolute atomic E-state index is 11.9. The Morgan fingerprint density at radius 3 is 2.47 bits per heavy atom. The summed E-state index contributed by atoms with van der Waals surface area (Å²) in [6.07, 6.45) is 1.95. The lowest BCUT2D eigenvalue weighted by atomic mass is 9.98. The van der Waals surface area contributed by atoms with Crippen LogP contribution in [0.25, 0.3) is 0 Å². The Morgan fingerprint density at radius 2 is 2.00 bits per heavy atom. The first kappa shape index (κ1) is 10.5. The monoisotopic (exact) mass is 221 g/mol. The van der Waals surface area contributed by atoms with Crippen molar-refractivity contribution < 1.29 is 4.39 Å². The van der Waals surface area contributed by atoms with Gasteiger partial charge in [-0.05, 0) is 30.5 Å². The molecule has 3 heteroatoms. The number of thioether (sulfide) groups is 1. The van der Waals surface area contributed by atoms with Gasteiger partial charge in [0.05, 0.1) is 18.2 Å². The molecule has 15 heavy (non-hydrogen) atoms. The third-order valence-electron chi connectivity index (χ3n) is 2.72. The SMILES string of the molecule is N#CC1(c2ccc(SCCF)cc2)CC1. The van der Waals surface area contributed by atoms with E-state index in [1.807, 2.05) is 24.3 Å². The van der Waals surface area contributed by atoms with Crippen LogP contribution in [0.3, 0.4) is 0 Å². The van der Waals surface area contributed by atoms with Crippen molar-refractivity contribution in [1.29, 1.82) is 5.26 Å². The van der Waals surface area contributed by atoms with E-state index in [0.29, 0.717) is 5.75 Å². The first-order valence-electron chi connectivity index (χ1n) is 5.01. The maximum Gasteiger partial charge on any atom is 0.0988 e. The van der Waals surface area contributed by atoms with Crippen LogP contribution in [-0.2, 0) is 5.41 Å². The summed E-state index contributed by atoms with van der Waals surface area (Å²) in [6.45, 7) is -0.297. The second kappa shape index (κ2) is 4.24. The van der Waals surface area contributed by atoms with E-state index in [4.69, 9.17) is 5.26 Å². The molecule has 2 rings (SSSR count). The second-order valence-corrected chi connectivity index (χ2v) is 4.92.